The van der Waals surface area contributed by atoms with Crippen LogP contribution >= 0.6 is 0 Å². The molecule has 4 heteroatoms. The number of nitrogens with two attached hydrogens (primary N) is 1. The van der Waals surface area contributed by atoms with Gasteiger partial charge < -0.3 is 10.6 Å². The third-order valence-corrected chi connectivity index (χ3v) is 3.38. The molecule has 4 nitrogen and oxygen atoms in total. The molecule has 0 aliphatic carbocycles. The summed E-state index contributed by atoms with van der Waals surface area (Å²) < 4.78 is 1.83. The molecule has 0 amide bonds. The zero-order valence-electron chi connectivity index (χ0n) is 11.9. The van der Waals surface area contributed by atoms with E-state index in [4.69, 9.17) is 5.73 Å². The van der Waals surface area contributed by atoms with Crippen molar-refractivity contribution in [1.82, 2.24) is 9.78 Å². The van der Waals surface area contributed by atoms with Crippen molar-refractivity contribution >= 4 is 5.69 Å². The van der Waals surface area contributed by atoms with Crippen LogP contribution in [0.3, 0.4) is 0 Å². The summed E-state index contributed by atoms with van der Waals surface area (Å²) in [5, 5.41) is 4.19. The summed E-state index contributed by atoms with van der Waals surface area (Å²) in [6.07, 6.45) is 4.90. The third kappa shape index (κ3) is 3.35. The average Bonchev–Trinajstić information content (AvgIpc) is 2.83. The number of nitrogens with zero attached hydrogens (tertiary/aromatic N) is 3. The van der Waals surface area contributed by atoms with Crippen LogP contribution in [0.1, 0.15) is 30.5 Å². The number of benzene rings is 1. The lowest BCUT2D eigenvalue weighted by Crippen LogP contribution is -2.16. The van der Waals surface area contributed by atoms with Crippen LogP contribution in [0.15, 0.2) is 36.7 Å². The summed E-state index contributed by atoms with van der Waals surface area (Å²) in [4.78, 5) is 2.21. The quantitative estimate of drug-likeness (QED) is 0.896. The molecule has 0 radical (unpaired) electrons. The van der Waals surface area contributed by atoms with Gasteiger partial charge in [-0.1, -0.05) is 19.1 Å². The van der Waals surface area contributed by atoms with Crippen LogP contribution in [-0.4, -0.2) is 16.8 Å². The predicted molar refractivity (Wildman–Crippen MR) is 79.0 cm³/mol. The molecule has 0 saturated heterocycles. The SMILES string of the molecule is CCC(N)c1ccc(N(C)Cc2cnn(C)c2)cc1. The minimum atomic E-state index is 0.137. The van der Waals surface area contributed by atoms with Gasteiger partial charge in [-0.05, 0) is 24.1 Å². The van der Waals surface area contributed by atoms with Crippen LogP contribution in [0.2, 0.25) is 0 Å². The highest BCUT2D eigenvalue weighted by molar-refractivity contribution is 5.47. The second-order valence-corrected chi connectivity index (χ2v) is 4.98. The molecule has 0 spiro atoms. The summed E-state index contributed by atoms with van der Waals surface area (Å²) >= 11 is 0. The molecule has 102 valence electrons. The molecule has 2 aromatic rings. The van der Waals surface area contributed by atoms with Gasteiger partial charge in [-0.2, -0.15) is 5.10 Å². The lowest BCUT2D eigenvalue weighted by molar-refractivity contribution is 0.698. The minimum absolute atomic E-state index is 0.137. The summed E-state index contributed by atoms with van der Waals surface area (Å²) in [7, 11) is 4.02. The Morgan fingerprint density at radius 3 is 2.53 bits per heavy atom. The van der Waals surface area contributed by atoms with Crippen LogP contribution in [0.4, 0.5) is 5.69 Å². The minimum Gasteiger partial charge on any atom is -0.370 e. The molecule has 0 fully saturated rings. The molecule has 0 aliphatic rings. The van der Waals surface area contributed by atoms with Gasteiger partial charge in [0.2, 0.25) is 0 Å². The van der Waals surface area contributed by atoms with Gasteiger partial charge in [0.1, 0.15) is 0 Å². The average molecular weight is 258 g/mol. The van der Waals surface area contributed by atoms with Crippen molar-refractivity contribution in [3.63, 3.8) is 0 Å². The van der Waals surface area contributed by atoms with E-state index in [0.717, 1.165) is 13.0 Å². The van der Waals surface area contributed by atoms with Gasteiger partial charge in [0, 0.05) is 44.1 Å². The number of hydrogen-bond acceptors (Lipinski definition) is 3. The van der Waals surface area contributed by atoms with Crippen molar-refractivity contribution in [2.45, 2.75) is 25.9 Å². The van der Waals surface area contributed by atoms with Crippen molar-refractivity contribution < 1.29 is 0 Å². The zero-order valence-corrected chi connectivity index (χ0v) is 11.9. The van der Waals surface area contributed by atoms with Crippen molar-refractivity contribution in [1.29, 1.82) is 0 Å². The van der Waals surface area contributed by atoms with E-state index < -0.39 is 0 Å². The Kier molecular flexibility index (Phi) is 4.22. The van der Waals surface area contributed by atoms with Gasteiger partial charge in [0.05, 0.1) is 6.20 Å². The third-order valence-electron chi connectivity index (χ3n) is 3.38. The molecule has 0 aliphatic heterocycles. The van der Waals surface area contributed by atoms with Gasteiger partial charge in [-0.25, -0.2) is 0 Å². The van der Waals surface area contributed by atoms with E-state index in [1.807, 2.05) is 24.1 Å². The first kappa shape index (κ1) is 13.6. The van der Waals surface area contributed by atoms with Crippen molar-refractivity contribution in [3.05, 3.63) is 47.8 Å². The van der Waals surface area contributed by atoms with E-state index in [2.05, 4.69) is 48.2 Å². The highest BCUT2D eigenvalue weighted by atomic mass is 15.2. The Hall–Kier alpha value is -1.81. The maximum atomic E-state index is 6.02. The highest BCUT2D eigenvalue weighted by Gasteiger charge is 2.06. The van der Waals surface area contributed by atoms with E-state index in [9.17, 15) is 0 Å². The van der Waals surface area contributed by atoms with Gasteiger partial charge in [-0.15, -0.1) is 0 Å². The van der Waals surface area contributed by atoms with Crippen LogP contribution < -0.4 is 10.6 Å². The van der Waals surface area contributed by atoms with Crippen LogP contribution in [0, 0.1) is 0 Å². The highest BCUT2D eigenvalue weighted by Crippen LogP contribution is 2.20. The lowest BCUT2D eigenvalue weighted by Gasteiger charge is -2.19. The first-order chi connectivity index (χ1) is 9.10. The molecular weight excluding hydrogens is 236 g/mol. The summed E-state index contributed by atoms with van der Waals surface area (Å²) in [6, 6.07) is 8.62. The lowest BCUT2D eigenvalue weighted by atomic mass is 10.1. The fourth-order valence-corrected chi connectivity index (χ4v) is 2.13. The molecule has 1 atom stereocenters. The molecule has 0 saturated carbocycles. The molecule has 1 unspecified atom stereocenters. The smallest absolute Gasteiger partial charge is 0.0539 e. The Labute approximate surface area is 114 Å². The zero-order chi connectivity index (χ0) is 13.8. The Morgan fingerprint density at radius 2 is 2.00 bits per heavy atom. The molecule has 19 heavy (non-hydrogen) atoms. The molecule has 1 aromatic heterocycles. The van der Waals surface area contributed by atoms with E-state index in [0.29, 0.717) is 0 Å². The number of hydrogen-bond donors (Lipinski definition) is 1. The number of rotatable bonds is 5. The maximum absolute atomic E-state index is 6.02. The van der Waals surface area contributed by atoms with Crippen LogP contribution in [0.5, 0.6) is 0 Å². The number of aromatic nitrogens is 2. The molecule has 2 rings (SSSR count). The Morgan fingerprint density at radius 1 is 1.32 bits per heavy atom. The topological polar surface area (TPSA) is 47.1 Å². The Bertz CT molecular complexity index is 515. The van der Waals surface area contributed by atoms with Gasteiger partial charge >= 0.3 is 0 Å². The molecular formula is C15H22N4. The van der Waals surface area contributed by atoms with Gasteiger partial charge in [0.15, 0.2) is 0 Å². The second-order valence-electron chi connectivity index (χ2n) is 4.98. The summed E-state index contributed by atoms with van der Waals surface area (Å²) in [5.74, 6) is 0. The first-order valence-electron chi connectivity index (χ1n) is 6.64. The monoisotopic (exact) mass is 258 g/mol. The molecule has 0 bridgehead atoms. The molecule has 1 heterocycles. The van der Waals surface area contributed by atoms with E-state index in [1.54, 1.807) is 0 Å². The van der Waals surface area contributed by atoms with Crippen molar-refractivity contribution in [3.8, 4) is 0 Å². The normalized spacial score (nSPS) is 12.4. The first-order valence-corrected chi connectivity index (χ1v) is 6.64. The van der Waals surface area contributed by atoms with E-state index >= 15 is 0 Å². The predicted octanol–water partition coefficient (Wildman–Crippen LogP) is 2.47. The summed E-state index contributed by atoms with van der Waals surface area (Å²) in [5.41, 5.74) is 9.62. The largest absolute Gasteiger partial charge is 0.370 e. The van der Waals surface area contributed by atoms with Gasteiger partial charge in [0.25, 0.3) is 0 Å². The summed E-state index contributed by atoms with van der Waals surface area (Å²) in [6.45, 7) is 2.96. The van der Waals surface area contributed by atoms with Crippen LogP contribution in [0.25, 0.3) is 0 Å². The van der Waals surface area contributed by atoms with Gasteiger partial charge in [-0.3, -0.25) is 4.68 Å². The fraction of sp³-hybridized carbons (Fsp3) is 0.400. The second kappa shape index (κ2) is 5.89. The molecule has 2 N–H and O–H groups in total. The van der Waals surface area contributed by atoms with E-state index in [1.165, 1.54) is 16.8 Å². The standard InChI is InChI=1S/C15H22N4/c1-4-15(16)13-5-7-14(8-6-13)18(2)10-12-9-17-19(3)11-12/h5-9,11,15H,4,10,16H2,1-3H3. The Balaban J connectivity index is 2.05. The molecule has 1 aromatic carbocycles. The number of anilines is 1. The van der Waals surface area contributed by atoms with Crippen LogP contribution in [-0.2, 0) is 13.6 Å². The van der Waals surface area contributed by atoms with E-state index in [-0.39, 0.29) is 6.04 Å². The fourth-order valence-electron chi connectivity index (χ4n) is 2.13. The van der Waals surface area contributed by atoms with Crippen molar-refractivity contribution in [2.75, 3.05) is 11.9 Å². The van der Waals surface area contributed by atoms with Crippen molar-refractivity contribution in [2.24, 2.45) is 12.8 Å². The maximum Gasteiger partial charge on any atom is 0.0539 e. The number of aryl methyl sites for hydroxylation is 1.